The van der Waals surface area contributed by atoms with Crippen molar-refractivity contribution in [3.8, 4) is 0 Å². The van der Waals surface area contributed by atoms with E-state index in [1.807, 2.05) is 74.5 Å². The highest BCUT2D eigenvalue weighted by Gasteiger charge is 2.12. The predicted molar refractivity (Wildman–Crippen MR) is 314 cm³/mol. The Kier molecular flexibility index (Phi) is 21.8. The van der Waals surface area contributed by atoms with Crippen molar-refractivity contribution in [1.82, 2.24) is 69.9 Å². The minimum Gasteiger partial charge on any atom is -0.619 e. The van der Waals surface area contributed by atoms with Crippen molar-refractivity contribution in [1.29, 1.82) is 0 Å². The van der Waals surface area contributed by atoms with E-state index in [2.05, 4.69) is 93.4 Å². The first-order chi connectivity index (χ1) is 38.1. The van der Waals surface area contributed by atoms with Crippen molar-refractivity contribution in [3.05, 3.63) is 198 Å². The smallest absolute Gasteiger partial charge is 0.293 e. The molecule has 0 aliphatic rings. The number of anilines is 1. The number of aliphatic hydroxyl groups excluding tert-OH is 1. The lowest BCUT2D eigenvalue weighted by molar-refractivity contribution is -0.613. The van der Waals surface area contributed by atoms with Gasteiger partial charge in [0.25, 0.3) is 16.7 Å². The molecule has 0 saturated heterocycles. The van der Waals surface area contributed by atoms with Gasteiger partial charge < -0.3 is 45.7 Å². The fraction of sp³-hybridized carbons (Fsp3) is 0.269. The number of hydrogen-bond acceptors (Lipinski definition) is 15. The van der Waals surface area contributed by atoms with Gasteiger partial charge in [-0.3, -0.25) is 29.7 Å². The summed E-state index contributed by atoms with van der Waals surface area (Å²) in [7, 11) is 0. The van der Waals surface area contributed by atoms with Gasteiger partial charge in [0.15, 0.2) is 26.9 Å². The Bertz CT molecular complexity index is 3860. The fourth-order valence-corrected chi connectivity index (χ4v) is 9.17. The molecule has 22 nitrogen and oxygen atoms in total. The molecule has 7 heterocycles. The van der Waals surface area contributed by atoms with E-state index in [-0.39, 0.29) is 33.7 Å². The number of nitrogens with zero attached hydrogens (tertiary/aromatic N) is 10. The molecule has 27 heteroatoms. The number of H-pyrrole nitrogens is 3. The van der Waals surface area contributed by atoms with Gasteiger partial charge >= 0.3 is 0 Å². The highest BCUT2D eigenvalue weighted by molar-refractivity contribution is 9.10. The molecule has 9 N–H and O–H groups in total. The number of benzene rings is 3. The molecule has 7 aromatic heterocycles. The molecule has 0 aliphatic heterocycles. The van der Waals surface area contributed by atoms with E-state index in [9.17, 15) is 19.6 Å². The third-order valence-electron chi connectivity index (χ3n) is 12.2. The number of hydrogen-bond donors (Lipinski definition) is 8. The first-order valence-corrected chi connectivity index (χ1v) is 27.3. The summed E-state index contributed by atoms with van der Waals surface area (Å²) in [5, 5.41) is 56.6. The molecule has 0 aliphatic carbocycles. The van der Waals surface area contributed by atoms with Crippen molar-refractivity contribution in [2.75, 3.05) is 31.6 Å². The van der Waals surface area contributed by atoms with Crippen molar-refractivity contribution >= 4 is 105 Å². The molecule has 0 amide bonds. The summed E-state index contributed by atoms with van der Waals surface area (Å²) in [4.78, 5) is 48.2. The number of aromatic amines is 3. The lowest BCUT2D eigenvalue weighted by atomic mass is 10.2. The van der Waals surface area contributed by atoms with Crippen LogP contribution in [0.25, 0.3) is 32.7 Å². The van der Waals surface area contributed by atoms with Crippen LogP contribution in [0.5, 0.6) is 0 Å². The number of fused-ring (bicyclic) bond motifs is 3. The second kappa shape index (κ2) is 28.8. The number of rotatable bonds is 17. The SMILES string of the molecule is Cc1cnc(Br)c(=O)n1CCNCc1[nH]nc2ccc(Cl)cc12.Cc1cnc(Br)c(=O)n1CCO.Cc1cnc(NCCc2cccc[n+]2[O-])c(=O)n1CCNCc1[nH]nc2ccc(Cl)cc12.NCc1[nH]nc2ccc(Cl)cc12. The normalized spacial score (nSPS) is 11.0. The number of halogens is 5. The Morgan fingerprint density at radius 1 is 0.620 bits per heavy atom. The van der Waals surface area contributed by atoms with Crippen LogP contribution < -0.4 is 43.1 Å². The first kappa shape index (κ1) is 59.8. The number of nitrogens with one attached hydrogen (secondary N) is 6. The van der Waals surface area contributed by atoms with Gasteiger partial charge in [-0.05, 0) is 107 Å². The van der Waals surface area contributed by atoms with E-state index >= 15 is 0 Å². The fourth-order valence-electron chi connectivity index (χ4n) is 8.02. The van der Waals surface area contributed by atoms with Crippen molar-refractivity contribution in [2.24, 2.45) is 5.73 Å². The van der Waals surface area contributed by atoms with Gasteiger partial charge in [0, 0.05) is 138 Å². The van der Waals surface area contributed by atoms with Crippen LogP contribution in [-0.2, 0) is 45.7 Å². The van der Waals surface area contributed by atoms with E-state index in [0.717, 1.165) is 71.6 Å². The molecule has 10 rings (SSSR count). The van der Waals surface area contributed by atoms with E-state index in [1.165, 1.54) is 10.8 Å². The molecule has 414 valence electrons. The number of nitrogens with two attached hydrogens (primary N) is 1. The Morgan fingerprint density at radius 3 is 1.53 bits per heavy atom. The van der Waals surface area contributed by atoms with Crippen LogP contribution in [-0.4, -0.2) is 90.6 Å². The summed E-state index contributed by atoms with van der Waals surface area (Å²) in [6.07, 6.45) is 6.88. The minimum absolute atomic E-state index is 0.0444. The van der Waals surface area contributed by atoms with Gasteiger partial charge in [-0.2, -0.15) is 20.0 Å². The molecule has 3 aromatic carbocycles. The highest BCUT2D eigenvalue weighted by Crippen LogP contribution is 2.22. The van der Waals surface area contributed by atoms with Crippen molar-refractivity contribution < 1.29 is 9.84 Å². The average Bonchev–Trinajstić information content (AvgIpc) is 4.18. The van der Waals surface area contributed by atoms with Crippen LogP contribution in [0.2, 0.25) is 15.1 Å². The van der Waals surface area contributed by atoms with E-state index in [0.29, 0.717) is 90.7 Å². The van der Waals surface area contributed by atoms with E-state index in [1.54, 1.807) is 46.8 Å². The van der Waals surface area contributed by atoms with Crippen LogP contribution in [0.1, 0.15) is 39.9 Å². The Morgan fingerprint density at radius 2 is 1.06 bits per heavy atom. The first-order valence-electron chi connectivity index (χ1n) is 24.6. The molecule has 0 unspecified atom stereocenters. The molecule has 0 fully saturated rings. The van der Waals surface area contributed by atoms with E-state index < -0.39 is 0 Å². The number of aliphatic hydroxyl groups is 1. The quantitative estimate of drug-likeness (QED) is 0.0265. The standard InChI is InChI=1S/C22H24ClN7O2.C15H15BrClN5O.C8H8ClN3.C7H9BrN2O2/c1-15-13-26-21(25-8-7-17-4-2-3-10-30(17)32)22(31)29(15)11-9-24-14-20-18-12-16(23)5-6-19(18)27-28-20;1-9-7-19-14(16)15(23)22(9)5-4-18-8-13-11-6-10(17)2-3-12(11)20-21-13;9-5-1-2-7-6(3-5)8(4-10)12-11-7;1-5-4-9-6(8)7(12)10(5)2-3-11/h2-6,10,12-13,24H,7-9,11,14H2,1H3,(H,25,26)(H,27,28);2-3,6-7,18H,4-5,8H2,1H3,(H,20,21);1-3H,4,10H2,(H,11,12);4,11H,2-3H2,1H3. The maximum Gasteiger partial charge on any atom is 0.293 e. The van der Waals surface area contributed by atoms with Crippen LogP contribution >= 0.6 is 66.7 Å². The second-order valence-electron chi connectivity index (χ2n) is 17.6. The van der Waals surface area contributed by atoms with Crippen molar-refractivity contribution in [2.45, 2.75) is 66.5 Å². The molecular formula is C52H56Br2Cl3N17O5. The molecule has 0 atom stereocenters. The van der Waals surface area contributed by atoms with Gasteiger partial charge in [-0.1, -0.05) is 40.9 Å². The molecule has 0 spiro atoms. The summed E-state index contributed by atoms with van der Waals surface area (Å²) in [6.45, 7) is 10.2. The van der Waals surface area contributed by atoms with Gasteiger partial charge in [0.05, 0.1) is 46.7 Å². The van der Waals surface area contributed by atoms with Crippen LogP contribution in [0, 0.1) is 26.0 Å². The van der Waals surface area contributed by atoms with Gasteiger partial charge in [0.1, 0.15) is 0 Å². The van der Waals surface area contributed by atoms with Crippen LogP contribution in [0.15, 0.2) is 121 Å². The Hall–Kier alpha value is -6.87. The van der Waals surface area contributed by atoms with Crippen LogP contribution in [0.3, 0.4) is 0 Å². The number of aromatic nitrogens is 13. The lowest BCUT2D eigenvalue weighted by Crippen LogP contribution is -2.33. The zero-order valence-corrected chi connectivity index (χ0v) is 48.5. The molecule has 79 heavy (non-hydrogen) atoms. The van der Waals surface area contributed by atoms with Gasteiger partial charge in [-0.15, -0.1) is 0 Å². The largest absolute Gasteiger partial charge is 0.619 e. The highest BCUT2D eigenvalue weighted by atomic mass is 79.9. The molecule has 0 bridgehead atoms. The zero-order valence-electron chi connectivity index (χ0n) is 43.0. The Balaban J connectivity index is 0.000000166. The minimum atomic E-state index is -0.205. The van der Waals surface area contributed by atoms with Crippen LogP contribution in [0.4, 0.5) is 5.82 Å². The maximum atomic E-state index is 12.8. The number of pyridine rings is 1. The third kappa shape index (κ3) is 15.9. The maximum absolute atomic E-state index is 12.8. The predicted octanol–water partition coefficient (Wildman–Crippen LogP) is 6.77. The summed E-state index contributed by atoms with van der Waals surface area (Å²) in [5.41, 5.74) is 13.5. The Labute approximate surface area is 483 Å². The van der Waals surface area contributed by atoms with Gasteiger partial charge in [-0.25, -0.2) is 15.0 Å². The molecule has 0 radical (unpaired) electrons. The summed E-state index contributed by atoms with van der Waals surface area (Å²) in [6, 6.07) is 22.0. The molecule has 10 aromatic rings. The average molecular weight is 1270 g/mol. The van der Waals surface area contributed by atoms with Gasteiger partial charge in [0.2, 0.25) is 0 Å². The number of aryl methyl sites for hydroxylation is 3. The summed E-state index contributed by atoms with van der Waals surface area (Å²) in [5.74, 6) is 0.276. The molecular weight excluding hydrogens is 1210 g/mol. The van der Waals surface area contributed by atoms with E-state index in [4.69, 9.17) is 45.6 Å². The van der Waals surface area contributed by atoms with Crippen molar-refractivity contribution in [3.63, 3.8) is 0 Å². The summed E-state index contributed by atoms with van der Waals surface area (Å²) < 4.78 is 6.27. The lowest BCUT2D eigenvalue weighted by Gasteiger charge is -2.13. The molecule has 0 saturated carbocycles. The monoisotopic (exact) mass is 1260 g/mol. The third-order valence-corrected chi connectivity index (χ3v) is 14.0. The summed E-state index contributed by atoms with van der Waals surface area (Å²) >= 11 is 24.1. The second-order valence-corrected chi connectivity index (χ2v) is 20.4. The zero-order chi connectivity index (χ0) is 56.6. The topological polar surface area (TPSA) is 300 Å².